The zero-order chi connectivity index (χ0) is 19.1. The van der Waals surface area contributed by atoms with Crippen molar-refractivity contribution in [3.05, 3.63) is 79.4 Å². The Morgan fingerprint density at radius 1 is 1.31 bits per heavy atom. The summed E-state index contributed by atoms with van der Waals surface area (Å²) in [5.74, 6) is -0.724. The topological polar surface area (TPSA) is 108 Å². The first-order chi connectivity index (χ1) is 12.4. The molecule has 0 spiro atoms. The van der Waals surface area contributed by atoms with Gasteiger partial charge in [-0.1, -0.05) is 39.7 Å². The van der Waals surface area contributed by atoms with Crippen molar-refractivity contribution in [2.24, 2.45) is 0 Å². The maximum Gasteiger partial charge on any atom is 0.271 e. The first-order valence-electron chi connectivity index (χ1n) is 7.24. The quantitative estimate of drug-likeness (QED) is 0.307. The monoisotopic (exact) mass is 434 g/mol. The number of hydrogen-bond acceptors (Lipinski definition) is 5. The number of amides is 1. The predicted molar refractivity (Wildman–Crippen MR) is 101 cm³/mol. The lowest BCUT2D eigenvalue weighted by Crippen LogP contribution is -2.17. The number of hydrogen-bond donors (Lipinski definition) is 2. The molecule has 26 heavy (non-hydrogen) atoms. The molecule has 0 saturated carbocycles. The fraction of sp³-hybridized carbons (Fsp3) is 0.0588. The van der Waals surface area contributed by atoms with Crippen LogP contribution in [0.3, 0.4) is 0 Å². The van der Waals surface area contributed by atoms with E-state index in [1.165, 1.54) is 18.3 Å². The van der Waals surface area contributed by atoms with Crippen molar-refractivity contribution in [1.29, 1.82) is 5.26 Å². The molecule has 0 fully saturated rings. The van der Waals surface area contributed by atoms with Crippen LogP contribution in [0.15, 0.2) is 58.7 Å². The summed E-state index contributed by atoms with van der Waals surface area (Å²) in [6.45, 7) is 0.420. The van der Waals surface area contributed by atoms with Crippen LogP contribution in [0, 0.1) is 21.4 Å². The van der Waals surface area contributed by atoms with E-state index < -0.39 is 10.8 Å². The minimum atomic E-state index is -0.724. The summed E-state index contributed by atoms with van der Waals surface area (Å²) in [6.07, 6.45) is 1.28. The van der Waals surface area contributed by atoms with Gasteiger partial charge < -0.3 is 10.6 Å². The normalized spacial score (nSPS) is 10.7. The van der Waals surface area contributed by atoms with Crippen molar-refractivity contribution < 1.29 is 9.72 Å². The van der Waals surface area contributed by atoms with E-state index >= 15 is 0 Å². The van der Waals surface area contributed by atoms with Gasteiger partial charge in [0.05, 0.1) is 15.6 Å². The number of nitriles is 1. The number of benzene rings is 2. The lowest BCUT2D eigenvalue weighted by Gasteiger charge is -2.07. The third kappa shape index (κ3) is 5.31. The second kappa shape index (κ2) is 8.99. The average molecular weight is 436 g/mol. The molecule has 0 bridgehead atoms. The number of nitrogens with one attached hydrogen (secondary N) is 2. The molecule has 7 nitrogen and oxygen atoms in total. The molecule has 0 radical (unpaired) electrons. The highest BCUT2D eigenvalue weighted by Gasteiger charge is 2.14. The van der Waals surface area contributed by atoms with Crippen molar-refractivity contribution >= 4 is 44.8 Å². The van der Waals surface area contributed by atoms with E-state index in [9.17, 15) is 14.9 Å². The number of nitrogens with zero attached hydrogens (tertiary/aromatic N) is 2. The summed E-state index contributed by atoms with van der Waals surface area (Å²) in [5.41, 5.74) is 0.606. The van der Waals surface area contributed by atoms with Gasteiger partial charge in [0.1, 0.15) is 11.6 Å². The van der Waals surface area contributed by atoms with Crippen LogP contribution in [-0.4, -0.2) is 10.8 Å². The summed E-state index contributed by atoms with van der Waals surface area (Å²) in [5, 5.41) is 25.4. The van der Waals surface area contributed by atoms with Crippen LogP contribution in [0.1, 0.15) is 5.56 Å². The largest absolute Gasteiger partial charge is 0.386 e. The first kappa shape index (κ1) is 19.4. The number of nitro benzene ring substituents is 1. The van der Waals surface area contributed by atoms with Crippen LogP contribution in [0.4, 0.5) is 11.4 Å². The van der Waals surface area contributed by atoms with Gasteiger partial charge in [0.25, 0.3) is 11.6 Å². The molecule has 2 aromatic carbocycles. The average Bonchev–Trinajstić information content (AvgIpc) is 2.61. The Balaban J connectivity index is 2.06. The van der Waals surface area contributed by atoms with Crippen LogP contribution >= 0.6 is 27.5 Å². The molecule has 0 aliphatic rings. The van der Waals surface area contributed by atoms with E-state index in [4.69, 9.17) is 16.9 Å². The maximum atomic E-state index is 12.2. The molecule has 2 N–H and O–H groups in total. The predicted octanol–water partition coefficient (Wildman–Crippen LogP) is 4.15. The lowest BCUT2D eigenvalue weighted by atomic mass is 10.2. The first-order valence-corrected chi connectivity index (χ1v) is 8.41. The molecule has 0 aliphatic carbocycles. The molecule has 0 heterocycles. The summed E-state index contributed by atoms with van der Waals surface area (Å²) in [6, 6.07) is 13.0. The zero-order valence-electron chi connectivity index (χ0n) is 13.2. The van der Waals surface area contributed by atoms with Gasteiger partial charge in [0.15, 0.2) is 0 Å². The smallest absolute Gasteiger partial charge is 0.271 e. The van der Waals surface area contributed by atoms with E-state index in [-0.39, 0.29) is 22.0 Å². The Morgan fingerprint density at radius 3 is 2.62 bits per heavy atom. The third-order valence-electron chi connectivity index (χ3n) is 3.24. The minimum absolute atomic E-state index is 0.0555. The zero-order valence-corrected chi connectivity index (χ0v) is 15.5. The molecule has 1 amide bonds. The van der Waals surface area contributed by atoms with E-state index in [0.29, 0.717) is 6.54 Å². The van der Waals surface area contributed by atoms with Crippen LogP contribution in [0.2, 0.25) is 5.02 Å². The van der Waals surface area contributed by atoms with E-state index in [0.717, 1.165) is 16.1 Å². The Kier molecular flexibility index (Phi) is 6.72. The van der Waals surface area contributed by atoms with Crippen molar-refractivity contribution in [3.8, 4) is 6.07 Å². The van der Waals surface area contributed by atoms with Gasteiger partial charge in [-0.3, -0.25) is 14.9 Å². The molecule has 0 unspecified atom stereocenters. The molecule has 132 valence electrons. The van der Waals surface area contributed by atoms with Crippen LogP contribution < -0.4 is 10.6 Å². The molecule has 0 aliphatic heterocycles. The van der Waals surface area contributed by atoms with Gasteiger partial charge >= 0.3 is 0 Å². The number of non-ortho nitro benzene ring substituents is 1. The number of carbonyl (C=O) groups is 1. The minimum Gasteiger partial charge on any atom is -0.386 e. The van der Waals surface area contributed by atoms with Crippen LogP contribution in [0.25, 0.3) is 0 Å². The third-order valence-corrected chi connectivity index (χ3v) is 4.10. The Bertz CT molecular complexity index is 907. The number of rotatable bonds is 6. The SMILES string of the molecule is N#C/C(=C/NCc1ccc(Br)cc1)C(=O)Nc1cc([N+](=O)[O-])ccc1Cl. The molecule has 0 aromatic heterocycles. The number of halogens is 2. The van der Waals surface area contributed by atoms with Gasteiger partial charge in [-0.2, -0.15) is 5.26 Å². The summed E-state index contributed by atoms with van der Waals surface area (Å²) >= 11 is 9.27. The fourth-order valence-corrected chi connectivity index (χ4v) is 2.36. The molecule has 9 heteroatoms. The van der Waals surface area contributed by atoms with Crippen molar-refractivity contribution in [1.82, 2.24) is 5.32 Å². The van der Waals surface area contributed by atoms with Gasteiger partial charge in [-0.05, 0) is 23.8 Å². The Labute approximate surface area is 162 Å². The van der Waals surface area contributed by atoms with E-state index in [2.05, 4.69) is 26.6 Å². The highest BCUT2D eigenvalue weighted by atomic mass is 79.9. The van der Waals surface area contributed by atoms with Crippen molar-refractivity contribution in [2.45, 2.75) is 6.54 Å². The van der Waals surface area contributed by atoms with Gasteiger partial charge in [-0.15, -0.1) is 0 Å². The highest BCUT2D eigenvalue weighted by Crippen LogP contribution is 2.27. The standard InChI is InChI=1S/C17H12BrClN4O3/c18-13-3-1-11(2-4-13)9-21-10-12(8-20)17(24)22-16-7-14(23(25)26)5-6-15(16)19/h1-7,10,21H,9H2,(H,22,24)/b12-10-. The van der Waals surface area contributed by atoms with Crippen LogP contribution in [-0.2, 0) is 11.3 Å². The van der Waals surface area contributed by atoms with Gasteiger partial charge in [-0.25, -0.2) is 0 Å². The second-order valence-corrected chi connectivity index (χ2v) is 6.38. The summed E-state index contributed by atoms with van der Waals surface area (Å²) < 4.78 is 0.947. The molecular weight excluding hydrogens is 424 g/mol. The lowest BCUT2D eigenvalue weighted by molar-refractivity contribution is -0.384. The molecule has 0 atom stereocenters. The molecular formula is C17H12BrClN4O3. The Morgan fingerprint density at radius 2 is 2.00 bits per heavy atom. The summed E-state index contributed by atoms with van der Waals surface area (Å²) in [4.78, 5) is 22.4. The van der Waals surface area contributed by atoms with Gasteiger partial charge in [0, 0.05) is 29.4 Å². The number of nitro groups is 1. The molecule has 0 saturated heterocycles. The van der Waals surface area contributed by atoms with E-state index in [1.807, 2.05) is 24.3 Å². The fourth-order valence-electron chi connectivity index (χ4n) is 1.93. The van der Waals surface area contributed by atoms with Gasteiger partial charge in [0.2, 0.25) is 0 Å². The molecule has 2 aromatic rings. The Hall–Kier alpha value is -2.89. The maximum absolute atomic E-state index is 12.2. The number of carbonyl (C=O) groups excluding carboxylic acids is 1. The number of anilines is 1. The second-order valence-electron chi connectivity index (χ2n) is 5.05. The molecule has 2 rings (SSSR count). The van der Waals surface area contributed by atoms with E-state index in [1.54, 1.807) is 6.07 Å². The highest BCUT2D eigenvalue weighted by molar-refractivity contribution is 9.10. The summed E-state index contributed by atoms with van der Waals surface area (Å²) in [7, 11) is 0. The van der Waals surface area contributed by atoms with Crippen molar-refractivity contribution in [3.63, 3.8) is 0 Å². The van der Waals surface area contributed by atoms with Crippen molar-refractivity contribution in [2.75, 3.05) is 5.32 Å². The van der Waals surface area contributed by atoms with Crippen LogP contribution in [0.5, 0.6) is 0 Å².